The van der Waals surface area contributed by atoms with Gasteiger partial charge in [-0.1, -0.05) is 12.1 Å². The number of fused-ring (bicyclic) bond motifs is 4. The van der Waals surface area contributed by atoms with E-state index in [0.29, 0.717) is 48.0 Å². The topological polar surface area (TPSA) is 130 Å². The van der Waals surface area contributed by atoms with Crippen molar-refractivity contribution < 1.29 is 37.4 Å². The van der Waals surface area contributed by atoms with Crippen LogP contribution in [-0.4, -0.2) is 77.9 Å². The average molecular weight is 571 g/mol. The van der Waals surface area contributed by atoms with Gasteiger partial charge in [-0.05, 0) is 43.9 Å². The molecule has 0 radical (unpaired) electrons. The number of halogens is 2. The Morgan fingerprint density at radius 2 is 2.10 bits per heavy atom. The molecule has 1 aromatic heterocycles. The zero-order chi connectivity index (χ0) is 28.9. The fourth-order valence-corrected chi connectivity index (χ4v) is 6.81. The molecule has 2 aromatic rings. The van der Waals surface area contributed by atoms with Gasteiger partial charge in [0.2, 0.25) is 11.8 Å². The third-order valence-electron chi connectivity index (χ3n) is 8.81. The van der Waals surface area contributed by atoms with Crippen LogP contribution < -0.4 is 15.4 Å². The van der Waals surface area contributed by atoms with E-state index < -0.39 is 60.1 Å². The van der Waals surface area contributed by atoms with Crippen LogP contribution in [0.1, 0.15) is 49.0 Å². The van der Waals surface area contributed by atoms with Gasteiger partial charge in [-0.2, -0.15) is 0 Å². The van der Waals surface area contributed by atoms with Crippen LogP contribution in [0, 0.1) is 11.8 Å². The molecule has 41 heavy (non-hydrogen) atoms. The zero-order valence-corrected chi connectivity index (χ0v) is 22.6. The van der Waals surface area contributed by atoms with Gasteiger partial charge in [-0.25, -0.2) is 13.6 Å². The van der Waals surface area contributed by atoms with E-state index in [9.17, 15) is 19.2 Å². The second-order valence-electron chi connectivity index (χ2n) is 11.3. The molecule has 1 aromatic carbocycles. The summed E-state index contributed by atoms with van der Waals surface area (Å²) in [6.45, 7) is 0.713. The highest BCUT2D eigenvalue weighted by molar-refractivity contribution is 6.02. The fraction of sp³-hybridized carbons (Fsp3) is 0.517. The quantitative estimate of drug-likeness (QED) is 0.347. The van der Waals surface area contributed by atoms with Crippen LogP contribution in [0.2, 0.25) is 0 Å². The van der Waals surface area contributed by atoms with Crippen molar-refractivity contribution in [3.05, 3.63) is 41.6 Å². The van der Waals surface area contributed by atoms with Gasteiger partial charge in [0.05, 0.1) is 19.6 Å². The molecule has 4 aliphatic heterocycles. The molecule has 1 saturated carbocycles. The van der Waals surface area contributed by atoms with E-state index in [1.807, 2.05) is 0 Å². The summed E-state index contributed by atoms with van der Waals surface area (Å²) in [5.74, 6) is -6.28. The average Bonchev–Trinajstić information content (AvgIpc) is 3.67. The van der Waals surface area contributed by atoms with Gasteiger partial charge in [-0.3, -0.25) is 14.4 Å². The SMILES string of the molecule is COc1cccc2[nH]c(C(=O)N3[C@@H]4CC[C@H]([C@@H]3C(=O)N[C@H](/C=C3\CCOC3=O)C[C@H]3CCNC3=O)C(F)(F)C4)cc12. The van der Waals surface area contributed by atoms with Crippen molar-refractivity contribution in [2.75, 3.05) is 20.3 Å². The predicted octanol–water partition coefficient (Wildman–Crippen LogP) is 2.69. The number of benzene rings is 1. The molecule has 4 saturated heterocycles. The summed E-state index contributed by atoms with van der Waals surface area (Å²) >= 11 is 0. The Kier molecular flexibility index (Phi) is 6.95. The van der Waals surface area contributed by atoms with E-state index in [0.717, 1.165) is 0 Å². The molecule has 5 fully saturated rings. The molecule has 0 unspecified atom stereocenters. The molecule has 5 aliphatic rings. The molecule has 7 rings (SSSR count). The number of amides is 3. The number of carbonyl (C=O) groups is 4. The van der Waals surface area contributed by atoms with Crippen LogP contribution in [-0.2, 0) is 19.1 Å². The third-order valence-corrected chi connectivity index (χ3v) is 8.81. The molecule has 3 amide bonds. The van der Waals surface area contributed by atoms with Crippen LogP contribution >= 0.6 is 0 Å². The van der Waals surface area contributed by atoms with Crippen molar-refractivity contribution in [3.8, 4) is 5.75 Å². The number of rotatable bonds is 7. The molecule has 5 heterocycles. The minimum Gasteiger partial charge on any atom is -0.496 e. The second-order valence-corrected chi connectivity index (χ2v) is 11.3. The largest absolute Gasteiger partial charge is 0.496 e. The highest BCUT2D eigenvalue weighted by Crippen LogP contribution is 2.49. The number of cyclic esters (lactones) is 1. The number of carbonyl (C=O) groups excluding carboxylic acids is 4. The number of hydrogen-bond acceptors (Lipinski definition) is 6. The van der Waals surface area contributed by atoms with Gasteiger partial charge in [0.15, 0.2) is 0 Å². The molecule has 5 atom stereocenters. The summed E-state index contributed by atoms with van der Waals surface area (Å²) in [5.41, 5.74) is 1.18. The Morgan fingerprint density at radius 3 is 2.78 bits per heavy atom. The first-order chi connectivity index (χ1) is 19.7. The molecule has 10 nitrogen and oxygen atoms in total. The Labute approximate surface area is 234 Å². The van der Waals surface area contributed by atoms with Crippen molar-refractivity contribution >= 4 is 34.6 Å². The van der Waals surface area contributed by atoms with Crippen LogP contribution in [0.3, 0.4) is 0 Å². The van der Waals surface area contributed by atoms with Crippen molar-refractivity contribution in [1.29, 1.82) is 0 Å². The number of ether oxygens (including phenoxy) is 2. The first kappa shape index (κ1) is 27.2. The van der Waals surface area contributed by atoms with Gasteiger partial charge in [0.25, 0.3) is 11.8 Å². The number of piperidine rings is 2. The molecule has 1 aliphatic carbocycles. The molecule has 0 spiro atoms. The number of aromatic nitrogens is 1. The summed E-state index contributed by atoms with van der Waals surface area (Å²) in [4.78, 5) is 56.6. The highest BCUT2D eigenvalue weighted by Gasteiger charge is 2.60. The summed E-state index contributed by atoms with van der Waals surface area (Å²) in [5, 5.41) is 6.25. The molecule has 218 valence electrons. The summed E-state index contributed by atoms with van der Waals surface area (Å²) < 4.78 is 40.9. The number of esters is 1. The smallest absolute Gasteiger partial charge is 0.333 e. The maximum absolute atomic E-state index is 15.2. The van der Waals surface area contributed by atoms with Crippen LogP contribution in [0.15, 0.2) is 35.9 Å². The standard InChI is InChI=1S/C29H32F2N4O6/c1-40-23-4-2-3-21-19(23)13-22(34-21)27(38)35-18-5-6-20(29(30,31)14-18)24(35)26(37)33-17(11-15-7-9-32-25(15)36)12-16-8-10-41-28(16)39/h2-4,12-13,15,17-18,20,24,34H,5-11,14H2,1H3,(H,32,36)(H,33,37)/b16-12+/t15-,17+,18-,20-,24-/m1/s1. The first-order valence-corrected chi connectivity index (χ1v) is 14.0. The van der Waals surface area contributed by atoms with Gasteiger partial charge < -0.3 is 30.0 Å². The lowest BCUT2D eigenvalue weighted by Gasteiger charge is -2.53. The number of methoxy groups -OCH3 is 1. The Bertz CT molecular complexity index is 1440. The molecular weight excluding hydrogens is 538 g/mol. The van der Waals surface area contributed by atoms with Crippen molar-refractivity contribution in [2.24, 2.45) is 11.8 Å². The van der Waals surface area contributed by atoms with E-state index in [2.05, 4.69) is 15.6 Å². The van der Waals surface area contributed by atoms with Gasteiger partial charge in [-0.15, -0.1) is 0 Å². The molecule has 2 bridgehead atoms. The summed E-state index contributed by atoms with van der Waals surface area (Å²) in [6.07, 6.45) is 2.61. The van der Waals surface area contributed by atoms with Crippen LogP contribution in [0.4, 0.5) is 8.78 Å². The number of H-pyrrole nitrogens is 1. The normalized spacial score (nSPS) is 28.6. The lowest BCUT2D eigenvalue weighted by atomic mass is 9.71. The Morgan fingerprint density at radius 1 is 1.27 bits per heavy atom. The minimum atomic E-state index is -3.13. The van der Waals surface area contributed by atoms with Crippen molar-refractivity contribution in [3.63, 3.8) is 0 Å². The third kappa shape index (κ3) is 4.93. The lowest BCUT2D eigenvalue weighted by Crippen LogP contribution is -2.68. The van der Waals surface area contributed by atoms with Gasteiger partial charge >= 0.3 is 5.97 Å². The number of aromatic amines is 1. The van der Waals surface area contributed by atoms with E-state index in [1.165, 1.54) is 12.0 Å². The van der Waals surface area contributed by atoms with Gasteiger partial charge in [0.1, 0.15) is 17.5 Å². The van der Waals surface area contributed by atoms with Crippen molar-refractivity contribution in [1.82, 2.24) is 20.5 Å². The minimum absolute atomic E-state index is 0.100. The van der Waals surface area contributed by atoms with E-state index in [1.54, 1.807) is 30.3 Å². The molecular formula is C29H32F2N4O6. The monoisotopic (exact) mass is 570 g/mol. The zero-order valence-electron chi connectivity index (χ0n) is 22.6. The number of nitrogens with one attached hydrogen (secondary N) is 3. The van der Waals surface area contributed by atoms with Crippen LogP contribution in [0.25, 0.3) is 10.9 Å². The number of hydrogen-bond donors (Lipinski definition) is 3. The molecule has 3 N–H and O–H groups in total. The first-order valence-electron chi connectivity index (χ1n) is 14.0. The predicted molar refractivity (Wildman–Crippen MR) is 142 cm³/mol. The van der Waals surface area contributed by atoms with E-state index >= 15 is 8.78 Å². The molecule has 12 heteroatoms. The number of nitrogens with zero attached hydrogens (tertiary/aromatic N) is 1. The van der Waals surface area contributed by atoms with E-state index in [-0.39, 0.29) is 31.0 Å². The number of alkyl halides is 2. The summed E-state index contributed by atoms with van der Waals surface area (Å²) in [6, 6.07) is 3.89. The highest BCUT2D eigenvalue weighted by atomic mass is 19.3. The summed E-state index contributed by atoms with van der Waals surface area (Å²) in [7, 11) is 1.52. The second kappa shape index (κ2) is 10.5. The Hall–Kier alpha value is -3.96. The van der Waals surface area contributed by atoms with Gasteiger partial charge in [0, 0.05) is 53.9 Å². The van der Waals surface area contributed by atoms with Crippen molar-refractivity contribution in [2.45, 2.75) is 62.6 Å². The maximum Gasteiger partial charge on any atom is 0.333 e. The Balaban J connectivity index is 1.32. The van der Waals surface area contributed by atoms with Crippen LogP contribution in [0.5, 0.6) is 5.75 Å². The lowest BCUT2D eigenvalue weighted by molar-refractivity contribution is -0.179. The fourth-order valence-electron chi connectivity index (χ4n) is 6.81. The van der Waals surface area contributed by atoms with E-state index in [4.69, 9.17) is 9.47 Å². The maximum atomic E-state index is 15.2.